The summed E-state index contributed by atoms with van der Waals surface area (Å²) >= 11 is 0. The number of phenolic OH excluding ortho intramolecular Hbond substituents is 1. The van der Waals surface area contributed by atoms with Gasteiger partial charge in [-0.15, -0.1) is 4.91 Å². The van der Waals surface area contributed by atoms with E-state index in [0.29, 0.717) is 16.6 Å². The van der Waals surface area contributed by atoms with Crippen molar-refractivity contribution in [2.45, 2.75) is 0 Å². The van der Waals surface area contributed by atoms with Crippen LogP contribution in [0.15, 0.2) is 35.6 Å². The van der Waals surface area contributed by atoms with Crippen molar-refractivity contribution < 1.29 is 10.1 Å². The molecule has 64 valence electrons. The van der Waals surface area contributed by atoms with Gasteiger partial charge in [0.1, 0.15) is 5.69 Å². The van der Waals surface area contributed by atoms with Crippen molar-refractivity contribution in [1.29, 1.82) is 0 Å². The number of nitrogens with one attached hydrogen (secondary N) is 1. The van der Waals surface area contributed by atoms with Crippen LogP contribution in [0.5, 0.6) is 5.75 Å². The molecule has 0 bridgehead atoms. The second kappa shape index (κ2) is 2.82. The minimum atomic E-state index is 0.114. The lowest BCUT2D eigenvalue weighted by Crippen LogP contribution is -2.01. The Bertz CT molecular complexity index is 468. The molecular weight excluding hydrogens is 168 g/mol. The fourth-order valence-corrected chi connectivity index (χ4v) is 1.27. The van der Waals surface area contributed by atoms with Crippen LogP contribution in [-0.2, 0) is 0 Å². The summed E-state index contributed by atoms with van der Waals surface area (Å²) in [6, 6.07) is 6.40. The molecule has 2 rings (SSSR count). The summed E-state index contributed by atoms with van der Waals surface area (Å²) in [6.07, 6.45) is 1.68. The van der Waals surface area contributed by atoms with Gasteiger partial charge in [0.05, 0.1) is 5.39 Å². The number of nitroso groups, excluding NO2 is 1. The third kappa shape index (κ3) is 1.12. The highest BCUT2D eigenvalue weighted by Crippen LogP contribution is 2.28. The van der Waals surface area contributed by atoms with Gasteiger partial charge in [-0.25, -0.2) is 4.98 Å². The maximum Gasteiger partial charge on any atom is 0.255 e. The quantitative estimate of drug-likeness (QED) is 0.671. The fraction of sp³-hybridized carbons (Fsp3) is 0. The average molecular weight is 175 g/mol. The predicted molar refractivity (Wildman–Crippen MR) is 47.6 cm³/mol. The van der Waals surface area contributed by atoms with E-state index in [1.807, 2.05) is 0 Å². The normalized spacial score (nSPS) is 10.2. The summed E-state index contributed by atoms with van der Waals surface area (Å²) in [4.78, 5) is 13.2. The van der Waals surface area contributed by atoms with E-state index in [9.17, 15) is 10.0 Å². The molecule has 0 aliphatic heterocycles. The van der Waals surface area contributed by atoms with Crippen LogP contribution in [0.4, 0.5) is 5.69 Å². The van der Waals surface area contributed by atoms with Crippen molar-refractivity contribution in [2.24, 2.45) is 5.18 Å². The van der Waals surface area contributed by atoms with Gasteiger partial charge in [0, 0.05) is 6.07 Å². The van der Waals surface area contributed by atoms with Gasteiger partial charge in [-0.05, 0) is 23.4 Å². The Hall–Kier alpha value is -1.97. The number of rotatable bonds is 1. The van der Waals surface area contributed by atoms with Crippen LogP contribution >= 0.6 is 0 Å². The summed E-state index contributed by atoms with van der Waals surface area (Å²) in [6.45, 7) is 0. The minimum absolute atomic E-state index is 0.114. The zero-order chi connectivity index (χ0) is 9.26. The second-order valence-corrected chi connectivity index (χ2v) is 2.65. The van der Waals surface area contributed by atoms with Crippen molar-refractivity contribution in [3.8, 4) is 5.75 Å². The summed E-state index contributed by atoms with van der Waals surface area (Å²) < 4.78 is 0. The summed E-state index contributed by atoms with van der Waals surface area (Å²) in [7, 11) is 0. The number of aromatic nitrogens is 1. The number of aromatic hydroxyl groups is 1. The number of hydrogen-bond acceptors (Lipinski definition) is 3. The van der Waals surface area contributed by atoms with Crippen molar-refractivity contribution in [3.05, 3.63) is 35.4 Å². The minimum Gasteiger partial charge on any atom is -0.502 e. The third-order valence-electron chi connectivity index (χ3n) is 1.89. The summed E-state index contributed by atoms with van der Waals surface area (Å²) in [5, 5.41) is 12.9. The van der Waals surface area contributed by atoms with E-state index in [1.54, 1.807) is 18.3 Å². The topological polar surface area (TPSA) is 63.8 Å². The van der Waals surface area contributed by atoms with Gasteiger partial charge in [-0.2, -0.15) is 0 Å². The molecule has 4 heteroatoms. The van der Waals surface area contributed by atoms with Gasteiger partial charge >= 0.3 is 0 Å². The molecule has 0 spiro atoms. The van der Waals surface area contributed by atoms with Crippen LogP contribution in [0.2, 0.25) is 0 Å². The van der Waals surface area contributed by atoms with E-state index >= 15 is 0 Å². The van der Waals surface area contributed by atoms with Crippen LogP contribution in [0, 0.1) is 4.91 Å². The molecule has 1 aromatic carbocycles. The van der Waals surface area contributed by atoms with E-state index < -0.39 is 0 Å². The van der Waals surface area contributed by atoms with E-state index in [2.05, 4.69) is 10.2 Å². The molecule has 2 aromatic rings. The average Bonchev–Trinajstić information content (AvgIpc) is 2.19. The number of benzene rings is 1. The Kier molecular flexibility index (Phi) is 1.66. The lowest BCUT2D eigenvalue weighted by Gasteiger charge is -1.95. The predicted octanol–water partition coefficient (Wildman–Crippen LogP) is 1.76. The molecule has 0 amide bonds. The fourth-order valence-electron chi connectivity index (χ4n) is 1.27. The molecular formula is C9H7N2O2+. The maximum atomic E-state index is 10.4. The smallest absolute Gasteiger partial charge is 0.255 e. The first kappa shape index (κ1) is 7.67. The van der Waals surface area contributed by atoms with Crippen LogP contribution in [0.1, 0.15) is 0 Å². The van der Waals surface area contributed by atoms with Crippen molar-refractivity contribution in [1.82, 2.24) is 0 Å². The van der Waals surface area contributed by atoms with Crippen molar-refractivity contribution in [3.63, 3.8) is 0 Å². The van der Waals surface area contributed by atoms with Gasteiger partial charge in [0.2, 0.25) is 0 Å². The molecule has 0 radical (unpaired) electrons. The molecule has 0 saturated heterocycles. The molecule has 0 aliphatic carbocycles. The number of nitrogens with zero attached hydrogens (tertiary/aromatic N) is 1. The largest absolute Gasteiger partial charge is 0.502 e. The maximum absolute atomic E-state index is 10.4. The van der Waals surface area contributed by atoms with Crippen LogP contribution in [-0.4, -0.2) is 5.11 Å². The lowest BCUT2D eigenvalue weighted by molar-refractivity contribution is -0.345. The zero-order valence-electron chi connectivity index (χ0n) is 6.69. The van der Waals surface area contributed by atoms with Gasteiger partial charge in [0.15, 0.2) is 11.9 Å². The first-order chi connectivity index (χ1) is 6.33. The molecule has 13 heavy (non-hydrogen) atoms. The molecule has 1 heterocycles. The zero-order valence-corrected chi connectivity index (χ0v) is 6.69. The standard InChI is InChI=1S/C9H6N2O2/c12-8-4-3-7(11-13)6-2-1-5-10-9(6)8/h1-5,12H/p+1. The number of pyridine rings is 1. The van der Waals surface area contributed by atoms with E-state index in [1.165, 1.54) is 12.1 Å². The van der Waals surface area contributed by atoms with E-state index in [0.717, 1.165) is 0 Å². The molecule has 0 saturated carbocycles. The monoisotopic (exact) mass is 175 g/mol. The number of phenols is 1. The van der Waals surface area contributed by atoms with Gasteiger partial charge < -0.3 is 5.11 Å². The first-order valence-electron chi connectivity index (χ1n) is 3.78. The van der Waals surface area contributed by atoms with Crippen molar-refractivity contribution >= 4 is 16.6 Å². The highest BCUT2D eigenvalue weighted by Gasteiger charge is 2.09. The number of aromatic amines is 1. The Morgan fingerprint density at radius 2 is 2.15 bits per heavy atom. The SMILES string of the molecule is O=Nc1ccc(O)c2[nH+]cccc12. The first-order valence-corrected chi connectivity index (χ1v) is 3.78. The van der Waals surface area contributed by atoms with Crippen molar-refractivity contribution in [2.75, 3.05) is 0 Å². The van der Waals surface area contributed by atoms with Crippen LogP contribution in [0.25, 0.3) is 10.9 Å². The molecule has 1 aromatic heterocycles. The van der Waals surface area contributed by atoms with Crippen LogP contribution in [0.3, 0.4) is 0 Å². The Morgan fingerprint density at radius 3 is 2.92 bits per heavy atom. The second-order valence-electron chi connectivity index (χ2n) is 2.65. The summed E-state index contributed by atoms with van der Waals surface area (Å²) in [5.74, 6) is 0.114. The molecule has 2 N–H and O–H groups in total. The Balaban J connectivity index is 2.92. The highest BCUT2D eigenvalue weighted by molar-refractivity contribution is 5.91. The Morgan fingerprint density at radius 1 is 1.31 bits per heavy atom. The lowest BCUT2D eigenvalue weighted by atomic mass is 10.2. The number of H-pyrrole nitrogens is 1. The van der Waals surface area contributed by atoms with Gasteiger partial charge in [-0.1, -0.05) is 0 Å². The Labute approximate surface area is 73.8 Å². The molecule has 4 nitrogen and oxygen atoms in total. The van der Waals surface area contributed by atoms with E-state index in [-0.39, 0.29) is 5.75 Å². The third-order valence-corrected chi connectivity index (χ3v) is 1.89. The number of hydrogen-bond donors (Lipinski definition) is 1. The molecule has 0 atom stereocenters. The molecule has 0 aliphatic rings. The van der Waals surface area contributed by atoms with Gasteiger partial charge in [-0.3, -0.25) is 0 Å². The van der Waals surface area contributed by atoms with E-state index in [4.69, 9.17) is 0 Å². The molecule has 0 unspecified atom stereocenters. The summed E-state index contributed by atoms with van der Waals surface area (Å²) in [5.41, 5.74) is 0.851. The van der Waals surface area contributed by atoms with Gasteiger partial charge in [0.25, 0.3) is 5.52 Å². The highest BCUT2D eigenvalue weighted by atomic mass is 16.3. The molecule has 0 fully saturated rings. The number of fused-ring (bicyclic) bond motifs is 1. The van der Waals surface area contributed by atoms with Crippen LogP contribution < -0.4 is 4.98 Å².